The molecule has 0 saturated carbocycles. The van der Waals surface area contributed by atoms with Crippen LogP contribution in [0, 0.1) is 18.6 Å². The van der Waals surface area contributed by atoms with Gasteiger partial charge in [-0.3, -0.25) is 0 Å². The van der Waals surface area contributed by atoms with Gasteiger partial charge in [0, 0.05) is 5.56 Å². The second-order valence-corrected chi connectivity index (χ2v) is 8.17. The molecule has 0 unspecified atom stereocenters. The zero-order valence-corrected chi connectivity index (χ0v) is 15.9. The minimum absolute atomic E-state index is 0.0996. The van der Waals surface area contributed by atoms with E-state index in [2.05, 4.69) is 4.74 Å². The molecule has 10 heteroatoms. The van der Waals surface area contributed by atoms with Crippen LogP contribution in [0.15, 0.2) is 35.2 Å². The summed E-state index contributed by atoms with van der Waals surface area (Å²) in [6.07, 6.45) is -3.28. The average molecular weight is 433 g/mol. The molecule has 2 aromatic rings. The van der Waals surface area contributed by atoms with Crippen molar-refractivity contribution in [3.63, 3.8) is 0 Å². The summed E-state index contributed by atoms with van der Waals surface area (Å²) < 4.78 is 92.6. The van der Waals surface area contributed by atoms with Gasteiger partial charge in [0.1, 0.15) is 22.3 Å². The van der Waals surface area contributed by atoms with Crippen molar-refractivity contribution in [2.24, 2.45) is 5.14 Å². The van der Waals surface area contributed by atoms with Crippen molar-refractivity contribution in [3.05, 3.63) is 58.7 Å². The van der Waals surface area contributed by atoms with E-state index in [0.29, 0.717) is 47.6 Å². The average Bonchev–Trinajstić information content (AvgIpc) is 3.03. The lowest BCUT2D eigenvalue weighted by Gasteiger charge is -2.15. The van der Waals surface area contributed by atoms with Gasteiger partial charge in [-0.05, 0) is 72.7 Å². The van der Waals surface area contributed by atoms with Crippen LogP contribution in [-0.2, 0) is 10.0 Å². The summed E-state index contributed by atoms with van der Waals surface area (Å²) in [6.45, 7) is 1.59. The normalized spacial score (nSPS) is 15.1. The topological polar surface area (TPSA) is 69.4 Å². The molecule has 1 aliphatic rings. The van der Waals surface area contributed by atoms with Gasteiger partial charge in [-0.25, -0.2) is 22.3 Å². The molecule has 4 nitrogen and oxygen atoms in total. The molecule has 0 amide bonds. The first kappa shape index (κ1) is 21.3. The van der Waals surface area contributed by atoms with Crippen LogP contribution in [0.2, 0.25) is 0 Å². The third-order valence-corrected chi connectivity index (χ3v) is 5.55. The Morgan fingerprint density at radius 2 is 1.59 bits per heavy atom. The minimum Gasteiger partial charge on any atom is -0.406 e. The molecule has 0 radical (unpaired) electrons. The first-order chi connectivity index (χ1) is 13.4. The maximum atomic E-state index is 14.6. The molecule has 0 aliphatic heterocycles. The van der Waals surface area contributed by atoms with Gasteiger partial charge in [-0.2, -0.15) is 0 Å². The molecular formula is C19H16F5NO3S. The Labute approximate surface area is 163 Å². The van der Waals surface area contributed by atoms with Crippen LogP contribution in [0.1, 0.15) is 36.0 Å². The van der Waals surface area contributed by atoms with E-state index in [4.69, 9.17) is 5.14 Å². The lowest BCUT2D eigenvalue weighted by Crippen LogP contribution is -2.17. The molecule has 0 spiro atoms. The summed E-state index contributed by atoms with van der Waals surface area (Å²) in [5, 5.41) is 4.89. The molecule has 2 N–H and O–H groups in total. The smallest absolute Gasteiger partial charge is 0.406 e. The van der Waals surface area contributed by atoms with E-state index >= 15 is 0 Å². The molecule has 0 atom stereocenters. The quantitative estimate of drug-likeness (QED) is 0.697. The van der Waals surface area contributed by atoms with Crippen LogP contribution in [0.25, 0.3) is 11.1 Å². The van der Waals surface area contributed by atoms with Crippen molar-refractivity contribution in [1.29, 1.82) is 0 Å². The maximum absolute atomic E-state index is 14.6. The van der Waals surface area contributed by atoms with E-state index in [1.54, 1.807) is 6.92 Å². The third kappa shape index (κ3) is 4.59. The van der Waals surface area contributed by atoms with Crippen molar-refractivity contribution in [3.8, 4) is 5.75 Å². The molecule has 1 aliphatic carbocycles. The maximum Gasteiger partial charge on any atom is 0.573 e. The molecule has 156 valence electrons. The summed E-state index contributed by atoms with van der Waals surface area (Å²) >= 11 is 0. The fourth-order valence-electron chi connectivity index (χ4n) is 3.49. The van der Waals surface area contributed by atoms with Gasteiger partial charge in [0.2, 0.25) is 10.0 Å². The summed E-state index contributed by atoms with van der Waals surface area (Å²) in [5.74, 6) is -2.50. The van der Waals surface area contributed by atoms with Crippen LogP contribution in [0.5, 0.6) is 5.75 Å². The number of ether oxygens (including phenoxy) is 1. The largest absolute Gasteiger partial charge is 0.573 e. The Kier molecular flexibility index (Phi) is 5.44. The fourth-order valence-corrected chi connectivity index (χ4v) is 4.09. The highest BCUT2D eigenvalue weighted by molar-refractivity contribution is 7.89. The van der Waals surface area contributed by atoms with E-state index < -0.39 is 32.9 Å². The predicted molar refractivity (Wildman–Crippen MR) is 96.3 cm³/mol. The fraction of sp³-hybridized carbons (Fsp3) is 0.263. The Balaban J connectivity index is 2.08. The summed E-state index contributed by atoms with van der Waals surface area (Å²) in [4.78, 5) is -0.941. The van der Waals surface area contributed by atoms with Crippen molar-refractivity contribution < 1.29 is 35.1 Å². The zero-order valence-electron chi connectivity index (χ0n) is 15.1. The molecule has 0 bridgehead atoms. The molecule has 3 rings (SSSR count). The van der Waals surface area contributed by atoms with E-state index in [9.17, 15) is 30.4 Å². The Morgan fingerprint density at radius 3 is 2.14 bits per heavy atom. The molecule has 0 heterocycles. The summed E-state index contributed by atoms with van der Waals surface area (Å²) in [5.41, 5.74) is 2.08. The standard InChI is InChI=1S/C19H16F5NO3S/c1-10-7-11(28-19(22,23)24)5-6-12(10)13-3-2-4-14(13)15-8-17(21)18(9-16(15)20)29(25,26)27/h5-9H,2-4H2,1H3,(H2,25,26,27). The molecule has 0 saturated heterocycles. The van der Waals surface area contributed by atoms with Crippen LogP contribution in [0.4, 0.5) is 22.0 Å². The number of halogens is 5. The Bertz CT molecular complexity index is 1110. The Hall–Kier alpha value is -2.46. The number of hydrogen-bond acceptors (Lipinski definition) is 3. The van der Waals surface area contributed by atoms with E-state index in [1.807, 2.05) is 0 Å². The van der Waals surface area contributed by atoms with Gasteiger partial charge in [0.05, 0.1) is 0 Å². The number of alkyl halides is 3. The van der Waals surface area contributed by atoms with Gasteiger partial charge in [0.15, 0.2) is 0 Å². The Morgan fingerprint density at radius 1 is 0.966 bits per heavy atom. The molecular weight excluding hydrogens is 417 g/mol. The number of aryl methyl sites for hydroxylation is 1. The first-order valence-corrected chi connectivity index (χ1v) is 10.0. The van der Waals surface area contributed by atoms with Gasteiger partial charge >= 0.3 is 6.36 Å². The number of allylic oxidation sites excluding steroid dienone is 2. The molecule has 29 heavy (non-hydrogen) atoms. The first-order valence-electron chi connectivity index (χ1n) is 8.48. The highest BCUT2D eigenvalue weighted by Gasteiger charge is 2.31. The van der Waals surface area contributed by atoms with Gasteiger partial charge in [-0.1, -0.05) is 6.07 Å². The second-order valence-electron chi connectivity index (χ2n) is 6.64. The number of hydrogen-bond donors (Lipinski definition) is 1. The van der Waals surface area contributed by atoms with E-state index in [0.717, 1.165) is 12.1 Å². The zero-order chi connectivity index (χ0) is 21.6. The summed E-state index contributed by atoms with van der Waals surface area (Å²) in [6, 6.07) is 5.12. The number of benzene rings is 2. The van der Waals surface area contributed by atoms with Gasteiger partial charge < -0.3 is 4.74 Å². The molecule has 0 fully saturated rings. The SMILES string of the molecule is Cc1cc(OC(F)(F)F)ccc1C1=C(c2cc(F)c(S(N)(=O)=O)cc2F)CCC1. The van der Waals surface area contributed by atoms with Crippen LogP contribution in [0.3, 0.4) is 0 Å². The third-order valence-electron chi connectivity index (χ3n) is 4.63. The summed E-state index contributed by atoms with van der Waals surface area (Å²) in [7, 11) is -4.43. The van der Waals surface area contributed by atoms with E-state index in [-0.39, 0.29) is 11.3 Å². The predicted octanol–water partition coefficient (Wildman–Crippen LogP) is 4.91. The monoisotopic (exact) mass is 433 g/mol. The van der Waals surface area contributed by atoms with Gasteiger partial charge in [-0.15, -0.1) is 13.2 Å². The number of rotatable bonds is 4. The van der Waals surface area contributed by atoms with Crippen LogP contribution in [-0.4, -0.2) is 14.8 Å². The number of nitrogens with two attached hydrogens (primary N) is 1. The lowest BCUT2D eigenvalue weighted by molar-refractivity contribution is -0.274. The van der Waals surface area contributed by atoms with Crippen molar-refractivity contribution in [2.75, 3.05) is 0 Å². The van der Waals surface area contributed by atoms with Crippen LogP contribution >= 0.6 is 0 Å². The molecule has 2 aromatic carbocycles. The lowest BCUT2D eigenvalue weighted by atomic mass is 9.94. The van der Waals surface area contributed by atoms with Crippen molar-refractivity contribution in [2.45, 2.75) is 37.4 Å². The van der Waals surface area contributed by atoms with Crippen molar-refractivity contribution >= 4 is 21.2 Å². The van der Waals surface area contributed by atoms with Crippen molar-refractivity contribution in [1.82, 2.24) is 0 Å². The highest BCUT2D eigenvalue weighted by Crippen LogP contribution is 2.42. The number of primary sulfonamides is 1. The molecule has 0 aromatic heterocycles. The van der Waals surface area contributed by atoms with Crippen LogP contribution < -0.4 is 9.88 Å². The second kappa shape index (κ2) is 7.42. The minimum atomic E-state index is -4.82. The van der Waals surface area contributed by atoms with Gasteiger partial charge in [0.25, 0.3) is 0 Å². The van der Waals surface area contributed by atoms with E-state index in [1.165, 1.54) is 12.1 Å². The highest BCUT2D eigenvalue weighted by atomic mass is 32.2. The number of sulfonamides is 1.